The molecule has 0 saturated carbocycles. The van der Waals surface area contributed by atoms with Gasteiger partial charge in [0.2, 0.25) is 0 Å². The van der Waals surface area contributed by atoms with Gasteiger partial charge in [-0.2, -0.15) is 0 Å². The lowest BCUT2D eigenvalue weighted by molar-refractivity contribution is 0.0691. The van der Waals surface area contributed by atoms with Crippen molar-refractivity contribution < 1.29 is 23.1 Å². The van der Waals surface area contributed by atoms with Crippen molar-refractivity contribution >= 4 is 33.2 Å². The summed E-state index contributed by atoms with van der Waals surface area (Å²) < 4.78 is 22.4. The zero-order valence-corrected chi connectivity index (χ0v) is 13.1. The molecule has 118 valence electrons. The zero-order chi connectivity index (χ0) is 15.9. The molecule has 0 aliphatic rings. The van der Waals surface area contributed by atoms with E-state index in [4.69, 9.17) is 5.11 Å². The average Bonchev–Trinajstić information content (AvgIpc) is 2.87. The molecule has 0 atom stereocenters. The van der Waals surface area contributed by atoms with Gasteiger partial charge in [-0.15, -0.1) is 11.3 Å². The Kier molecular flexibility index (Phi) is 6.56. The summed E-state index contributed by atoms with van der Waals surface area (Å²) in [6, 6.07) is -0.462. The van der Waals surface area contributed by atoms with E-state index < -0.39 is 21.8 Å². The van der Waals surface area contributed by atoms with Gasteiger partial charge in [0.05, 0.1) is 10.8 Å². The number of hydrogen-bond donors (Lipinski definition) is 3. The lowest BCUT2D eigenvalue weighted by Gasteiger charge is -2.06. The number of carbonyl (C=O) groups is 2. The third-order valence-corrected chi connectivity index (χ3v) is 5.15. The van der Waals surface area contributed by atoms with E-state index in [9.17, 15) is 18.0 Å². The number of hydrogen-bond acceptors (Lipinski definition) is 6. The second-order valence-corrected chi connectivity index (χ2v) is 7.52. The number of carboxylic acids is 1. The standard InChI is InChI=1S/C11H17N3O5S2/c1-2-21(18,19)6-5-13-11(17)12-4-3-9-14-8(7-20-9)10(15)16/h7H,2-6H2,1H3,(H,15,16)(H2,12,13,17). The first-order chi connectivity index (χ1) is 9.84. The Morgan fingerprint density at radius 2 is 2.00 bits per heavy atom. The van der Waals surface area contributed by atoms with E-state index in [1.807, 2.05) is 0 Å². The molecule has 0 aliphatic heterocycles. The molecule has 1 rings (SSSR count). The number of sulfone groups is 1. The topological polar surface area (TPSA) is 125 Å². The number of urea groups is 1. The Morgan fingerprint density at radius 1 is 1.33 bits per heavy atom. The molecule has 2 amide bonds. The summed E-state index contributed by atoms with van der Waals surface area (Å²) in [5.41, 5.74) is -0.00998. The number of aromatic nitrogens is 1. The molecular formula is C11H17N3O5S2. The summed E-state index contributed by atoms with van der Waals surface area (Å²) >= 11 is 1.21. The summed E-state index contributed by atoms with van der Waals surface area (Å²) in [4.78, 5) is 25.9. The highest BCUT2D eigenvalue weighted by Crippen LogP contribution is 2.09. The molecule has 21 heavy (non-hydrogen) atoms. The molecule has 0 aromatic carbocycles. The molecule has 0 bridgehead atoms. The Labute approximate surface area is 126 Å². The maximum Gasteiger partial charge on any atom is 0.355 e. The first kappa shape index (κ1) is 17.4. The number of nitrogens with zero attached hydrogens (tertiary/aromatic N) is 1. The molecule has 1 aromatic rings. The fourth-order valence-corrected chi connectivity index (χ4v) is 2.81. The van der Waals surface area contributed by atoms with Crippen LogP contribution in [0.3, 0.4) is 0 Å². The summed E-state index contributed by atoms with van der Waals surface area (Å²) in [7, 11) is -3.09. The monoisotopic (exact) mass is 335 g/mol. The van der Waals surface area contributed by atoms with Gasteiger partial charge in [-0.3, -0.25) is 0 Å². The van der Waals surface area contributed by atoms with Gasteiger partial charge in [0, 0.05) is 30.6 Å². The first-order valence-electron chi connectivity index (χ1n) is 6.24. The molecule has 1 heterocycles. The van der Waals surface area contributed by atoms with Gasteiger partial charge < -0.3 is 15.7 Å². The van der Waals surface area contributed by atoms with Crippen molar-refractivity contribution in [2.45, 2.75) is 13.3 Å². The Bertz CT molecular complexity index is 597. The van der Waals surface area contributed by atoms with Crippen LogP contribution in [0.5, 0.6) is 0 Å². The van der Waals surface area contributed by atoms with Crippen LogP contribution in [0.25, 0.3) is 0 Å². The van der Waals surface area contributed by atoms with Crippen molar-refractivity contribution in [3.05, 3.63) is 16.1 Å². The number of carbonyl (C=O) groups excluding carboxylic acids is 1. The summed E-state index contributed by atoms with van der Waals surface area (Å²) in [6.07, 6.45) is 0.415. The molecule has 3 N–H and O–H groups in total. The molecule has 1 aromatic heterocycles. The van der Waals surface area contributed by atoms with Crippen molar-refractivity contribution in [1.82, 2.24) is 15.6 Å². The van der Waals surface area contributed by atoms with Crippen LogP contribution in [0, 0.1) is 0 Å². The molecule has 8 nitrogen and oxygen atoms in total. The second kappa shape index (κ2) is 7.93. The van der Waals surface area contributed by atoms with Gasteiger partial charge in [0.1, 0.15) is 0 Å². The van der Waals surface area contributed by atoms with Crippen molar-refractivity contribution in [1.29, 1.82) is 0 Å². The number of aromatic carboxylic acids is 1. The SMILES string of the molecule is CCS(=O)(=O)CCNC(=O)NCCc1nc(C(=O)O)cs1. The first-order valence-corrected chi connectivity index (χ1v) is 8.94. The fourth-order valence-electron chi connectivity index (χ4n) is 1.33. The van der Waals surface area contributed by atoms with Crippen LogP contribution in [0.4, 0.5) is 4.79 Å². The maximum atomic E-state index is 11.4. The number of nitrogens with one attached hydrogen (secondary N) is 2. The summed E-state index contributed by atoms with van der Waals surface area (Å²) in [5.74, 6) is -1.13. The molecule has 0 unspecified atom stereocenters. The third-order valence-electron chi connectivity index (χ3n) is 2.53. The zero-order valence-electron chi connectivity index (χ0n) is 11.5. The summed E-state index contributed by atoms with van der Waals surface area (Å²) in [6.45, 7) is 1.90. The van der Waals surface area contributed by atoms with E-state index in [1.54, 1.807) is 6.92 Å². The van der Waals surface area contributed by atoms with Gasteiger partial charge in [0.15, 0.2) is 15.5 Å². The van der Waals surface area contributed by atoms with Crippen molar-refractivity contribution in [3.63, 3.8) is 0 Å². The minimum atomic E-state index is -3.09. The molecule has 10 heteroatoms. The Hall–Kier alpha value is -1.68. The van der Waals surface area contributed by atoms with Crippen LogP contribution in [0.15, 0.2) is 5.38 Å². The quantitative estimate of drug-likeness (QED) is 0.619. The largest absolute Gasteiger partial charge is 0.476 e. The van der Waals surface area contributed by atoms with Crippen LogP contribution >= 0.6 is 11.3 Å². The number of thiazole rings is 1. The van der Waals surface area contributed by atoms with E-state index in [0.29, 0.717) is 18.0 Å². The van der Waals surface area contributed by atoms with E-state index in [-0.39, 0.29) is 23.7 Å². The predicted octanol–water partition coefficient (Wildman–Crippen LogP) is 0.118. The molecular weight excluding hydrogens is 318 g/mol. The smallest absolute Gasteiger partial charge is 0.355 e. The minimum Gasteiger partial charge on any atom is -0.476 e. The highest BCUT2D eigenvalue weighted by molar-refractivity contribution is 7.91. The van der Waals surface area contributed by atoms with E-state index in [0.717, 1.165) is 0 Å². The number of carboxylic acid groups (broad SMARTS) is 1. The highest BCUT2D eigenvalue weighted by Gasteiger charge is 2.10. The minimum absolute atomic E-state index is 0.00998. The number of amides is 2. The van der Waals surface area contributed by atoms with E-state index in [2.05, 4.69) is 15.6 Å². The Morgan fingerprint density at radius 3 is 2.57 bits per heavy atom. The van der Waals surface area contributed by atoms with Crippen molar-refractivity contribution in [2.24, 2.45) is 0 Å². The van der Waals surface area contributed by atoms with Crippen LogP contribution in [-0.2, 0) is 16.3 Å². The molecule has 0 radical (unpaired) electrons. The van der Waals surface area contributed by atoms with Gasteiger partial charge in [-0.25, -0.2) is 23.0 Å². The van der Waals surface area contributed by atoms with Gasteiger partial charge in [0.25, 0.3) is 0 Å². The molecule has 0 fully saturated rings. The second-order valence-electron chi connectivity index (χ2n) is 4.10. The molecule has 0 aliphatic carbocycles. The maximum absolute atomic E-state index is 11.4. The highest BCUT2D eigenvalue weighted by atomic mass is 32.2. The summed E-state index contributed by atoms with van der Waals surface area (Å²) in [5, 5.41) is 15.8. The van der Waals surface area contributed by atoms with E-state index in [1.165, 1.54) is 16.7 Å². The lowest BCUT2D eigenvalue weighted by Crippen LogP contribution is -2.39. The predicted molar refractivity (Wildman–Crippen MR) is 78.5 cm³/mol. The van der Waals surface area contributed by atoms with Crippen LogP contribution in [0.1, 0.15) is 22.4 Å². The number of rotatable bonds is 8. The van der Waals surface area contributed by atoms with Gasteiger partial charge in [-0.05, 0) is 0 Å². The lowest BCUT2D eigenvalue weighted by atomic mass is 10.4. The third kappa shape index (κ3) is 6.54. The Balaban J connectivity index is 2.22. The molecule has 0 saturated heterocycles. The average molecular weight is 335 g/mol. The molecule has 0 spiro atoms. The van der Waals surface area contributed by atoms with E-state index >= 15 is 0 Å². The van der Waals surface area contributed by atoms with Crippen LogP contribution in [-0.4, -0.2) is 55.1 Å². The van der Waals surface area contributed by atoms with Crippen LogP contribution in [0.2, 0.25) is 0 Å². The van der Waals surface area contributed by atoms with Crippen molar-refractivity contribution in [3.8, 4) is 0 Å². The normalized spacial score (nSPS) is 11.1. The van der Waals surface area contributed by atoms with Crippen molar-refractivity contribution in [2.75, 3.05) is 24.6 Å². The fraction of sp³-hybridized carbons (Fsp3) is 0.545. The van der Waals surface area contributed by atoms with Gasteiger partial charge in [-0.1, -0.05) is 6.92 Å². The van der Waals surface area contributed by atoms with Crippen LogP contribution < -0.4 is 10.6 Å². The van der Waals surface area contributed by atoms with Gasteiger partial charge >= 0.3 is 12.0 Å².